The highest BCUT2D eigenvalue weighted by Gasteiger charge is 2.33. The summed E-state index contributed by atoms with van der Waals surface area (Å²) in [4.78, 5) is 11.3. The van der Waals surface area contributed by atoms with Crippen LogP contribution in [0.4, 0.5) is 0 Å². The molecule has 3 rings (SSSR count). The van der Waals surface area contributed by atoms with E-state index in [1.807, 2.05) is 42.6 Å². The smallest absolute Gasteiger partial charge is 0.302 e. The zero-order valence-corrected chi connectivity index (χ0v) is 17.6. The molecular weight excluding hydrogens is 378 g/mol. The van der Waals surface area contributed by atoms with E-state index in [1.54, 1.807) is 0 Å². The van der Waals surface area contributed by atoms with Gasteiger partial charge >= 0.3 is 5.97 Å². The van der Waals surface area contributed by atoms with Gasteiger partial charge in [0.15, 0.2) is 0 Å². The number of nitrogens with one attached hydrogen (secondary N) is 1. The summed E-state index contributed by atoms with van der Waals surface area (Å²) in [6.07, 6.45) is 3.65. The van der Waals surface area contributed by atoms with Gasteiger partial charge < -0.3 is 19.5 Å². The lowest BCUT2D eigenvalue weighted by Gasteiger charge is -2.33. The van der Waals surface area contributed by atoms with Crippen molar-refractivity contribution in [3.05, 3.63) is 83.6 Å². The SMILES string of the molecule is CC(=O)OCC1=CNCCC(COCc2ccccc2)(COCc2ccccc2)C1. The van der Waals surface area contributed by atoms with Gasteiger partial charge in [0.05, 0.1) is 26.4 Å². The van der Waals surface area contributed by atoms with E-state index in [9.17, 15) is 4.79 Å². The summed E-state index contributed by atoms with van der Waals surface area (Å²) in [5.41, 5.74) is 3.17. The first kappa shape index (κ1) is 22.1. The lowest BCUT2D eigenvalue weighted by Crippen LogP contribution is -2.34. The summed E-state index contributed by atoms with van der Waals surface area (Å²) in [7, 11) is 0. The molecule has 0 spiro atoms. The number of hydrogen-bond donors (Lipinski definition) is 1. The van der Waals surface area contributed by atoms with Gasteiger partial charge in [0.25, 0.3) is 0 Å². The van der Waals surface area contributed by atoms with Crippen LogP contribution in [0.3, 0.4) is 0 Å². The third kappa shape index (κ3) is 7.32. The fourth-order valence-corrected chi connectivity index (χ4v) is 3.67. The molecule has 0 fully saturated rings. The van der Waals surface area contributed by atoms with E-state index in [-0.39, 0.29) is 11.4 Å². The molecule has 1 aliphatic rings. The van der Waals surface area contributed by atoms with Gasteiger partial charge in [-0.15, -0.1) is 0 Å². The van der Waals surface area contributed by atoms with Crippen molar-refractivity contribution in [1.82, 2.24) is 5.32 Å². The van der Waals surface area contributed by atoms with Crippen LogP contribution in [0.15, 0.2) is 72.4 Å². The van der Waals surface area contributed by atoms with Crippen molar-refractivity contribution in [1.29, 1.82) is 0 Å². The fourth-order valence-electron chi connectivity index (χ4n) is 3.67. The minimum Gasteiger partial charge on any atom is -0.461 e. The molecule has 0 unspecified atom stereocenters. The summed E-state index contributed by atoms with van der Waals surface area (Å²) in [5, 5.41) is 3.33. The van der Waals surface area contributed by atoms with E-state index < -0.39 is 0 Å². The molecule has 5 heteroatoms. The van der Waals surface area contributed by atoms with Gasteiger partial charge in [-0.25, -0.2) is 0 Å². The van der Waals surface area contributed by atoms with Crippen molar-refractivity contribution in [2.75, 3.05) is 26.4 Å². The second kappa shape index (κ2) is 11.5. The number of hydrogen-bond acceptors (Lipinski definition) is 5. The van der Waals surface area contributed by atoms with Crippen LogP contribution < -0.4 is 5.32 Å². The Kier molecular flexibility index (Phi) is 8.48. The van der Waals surface area contributed by atoms with Crippen molar-refractivity contribution in [2.45, 2.75) is 33.0 Å². The van der Waals surface area contributed by atoms with Crippen LogP contribution in [0.5, 0.6) is 0 Å². The predicted octanol–water partition coefficient (Wildman–Crippen LogP) is 4.24. The van der Waals surface area contributed by atoms with Gasteiger partial charge in [-0.1, -0.05) is 60.7 Å². The highest BCUT2D eigenvalue weighted by atomic mass is 16.5. The third-order valence-electron chi connectivity index (χ3n) is 5.21. The molecule has 1 aliphatic heterocycles. The fraction of sp³-hybridized carbons (Fsp3) is 0.400. The monoisotopic (exact) mass is 409 g/mol. The quantitative estimate of drug-likeness (QED) is 0.595. The second-order valence-electron chi connectivity index (χ2n) is 7.92. The van der Waals surface area contributed by atoms with Crippen molar-refractivity contribution >= 4 is 5.97 Å². The third-order valence-corrected chi connectivity index (χ3v) is 5.21. The molecular formula is C25H31NO4. The van der Waals surface area contributed by atoms with Gasteiger partial charge in [-0.3, -0.25) is 4.79 Å². The Labute approximate surface area is 179 Å². The maximum absolute atomic E-state index is 11.3. The topological polar surface area (TPSA) is 56.8 Å². The van der Waals surface area contributed by atoms with E-state index in [0.29, 0.717) is 33.0 Å². The highest BCUT2D eigenvalue weighted by Crippen LogP contribution is 2.33. The second-order valence-corrected chi connectivity index (χ2v) is 7.92. The molecule has 1 N–H and O–H groups in total. The molecule has 2 aromatic carbocycles. The Morgan fingerprint density at radius 2 is 1.47 bits per heavy atom. The Hall–Kier alpha value is -2.63. The number of benzene rings is 2. The van der Waals surface area contributed by atoms with Gasteiger partial charge in [-0.05, 0) is 35.7 Å². The first-order chi connectivity index (χ1) is 14.7. The Morgan fingerprint density at radius 3 is 2.00 bits per heavy atom. The lowest BCUT2D eigenvalue weighted by atomic mass is 9.80. The summed E-state index contributed by atoms with van der Waals surface area (Å²) in [6.45, 7) is 4.85. The Bertz CT molecular complexity index is 759. The zero-order chi connectivity index (χ0) is 21.1. The molecule has 5 nitrogen and oxygen atoms in total. The first-order valence-corrected chi connectivity index (χ1v) is 10.4. The molecule has 1 heterocycles. The van der Waals surface area contributed by atoms with Crippen LogP contribution in [0.2, 0.25) is 0 Å². The van der Waals surface area contributed by atoms with Crippen LogP contribution in [-0.4, -0.2) is 32.3 Å². The molecule has 0 aromatic heterocycles. The van der Waals surface area contributed by atoms with Crippen molar-refractivity contribution in [2.24, 2.45) is 5.41 Å². The normalized spacial score (nSPS) is 15.6. The van der Waals surface area contributed by atoms with Gasteiger partial charge in [0, 0.05) is 18.9 Å². The number of carbonyl (C=O) groups excluding carboxylic acids is 1. The molecule has 2 aromatic rings. The van der Waals surface area contributed by atoms with Crippen LogP contribution in [0.25, 0.3) is 0 Å². The predicted molar refractivity (Wildman–Crippen MR) is 117 cm³/mol. The van der Waals surface area contributed by atoms with Crippen molar-refractivity contribution in [3.63, 3.8) is 0 Å². The van der Waals surface area contributed by atoms with Gasteiger partial charge in [0.2, 0.25) is 0 Å². The number of esters is 1. The molecule has 0 bridgehead atoms. The molecule has 0 saturated carbocycles. The molecule has 0 amide bonds. The summed E-state index contributed by atoms with van der Waals surface area (Å²) < 4.78 is 17.6. The maximum atomic E-state index is 11.3. The molecule has 0 radical (unpaired) electrons. The summed E-state index contributed by atoms with van der Waals surface area (Å²) in [5.74, 6) is -0.272. The summed E-state index contributed by atoms with van der Waals surface area (Å²) in [6, 6.07) is 20.4. The largest absolute Gasteiger partial charge is 0.461 e. The van der Waals surface area contributed by atoms with Crippen molar-refractivity contribution < 1.29 is 19.0 Å². The molecule has 30 heavy (non-hydrogen) atoms. The van der Waals surface area contributed by atoms with Crippen molar-refractivity contribution in [3.8, 4) is 0 Å². The molecule has 0 atom stereocenters. The van der Waals surface area contributed by atoms with E-state index >= 15 is 0 Å². The van der Waals surface area contributed by atoms with E-state index in [0.717, 1.165) is 36.1 Å². The molecule has 160 valence electrons. The lowest BCUT2D eigenvalue weighted by molar-refractivity contribution is -0.140. The maximum Gasteiger partial charge on any atom is 0.302 e. The zero-order valence-electron chi connectivity index (χ0n) is 17.6. The van der Waals surface area contributed by atoms with Gasteiger partial charge in [-0.2, -0.15) is 0 Å². The van der Waals surface area contributed by atoms with Crippen LogP contribution in [0.1, 0.15) is 30.9 Å². The number of ether oxygens (including phenoxy) is 3. The molecule has 0 aliphatic carbocycles. The van der Waals surface area contributed by atoms with Crippen LogP contribution >= 0.6 is 0 Å². The van der Waals surface area contributed by atoms with E-state index in [4.69, 9.17) is 14.2 Å². The first-order valence-electron chi connectivity index (χ1n) is 10.4. The Morgan fingerprint density at radius 1 is 0.900 bits per heavy atom. The van der Waals surface area contributed by atoms with E-state index in [1.165, 1.54) is 6.92 Å². The Balaban J connectivity index is 1.64. The van der Waals surface area contributed by atoms with Crippen LogP contribution in [0, 0.1) is 5.41 Å². The minimum atomic E-state index is -0.272. The minimum absolute atomic E-state index is 0.182. The van der Waals surface area contributed by atoms with Crippen LogP contribution in [-0.2, 0) is 32.2 Å². The number of carbonyl (C=O) groups is 1. The standard InChI is InChI=1S/C25H31NO4/c1-21(27)30-18-24-14-25(12-13-26-15-24,19-28-16-22-8-4-2-5-9-22)20-29-17-23-10-6-3-7-11-23/h2-11,15,26H,12-14,16-20H2,1H3. The average molecular weight is 410 g/mol. The van der Waals surface area contributed by atoms with E-state index in [2.05, 4.69) is 29.6 Å². The summed E-state index contributed by atoms with van der Waals surface area (Å²) >= 11 is 0. The average Bonchev–Trinajstić information content (AvgIpc) is 2.96. The number of rotatable bonds is 10. The highest BCUT2D eigenvalue weighted by molar-refractivity contribution is 5.66. The molecule has 0 saturated heterocycles. The van der Waals surface area contributed by atoms with Gasteiger partial charge in [0.1, 0.15) is 6.61 Å².